The van der Waals surface area contributed by atoms with Gasteiger partial charge in [0.2, 0.25) is 0 Å². The molecule has 0 unspecified atom stereocenters. The number of Topliss-reactive ketones (excluding diaryl/α,β-unsaturated/α-hetero) is 1. The summed E-state index contributed by atoms with van der Waals surface area (Å²) in [5.41, 5.74) is 0.105. The normalized spacial score (nSPS) is 14.8. The molecule has 0 amide bonds. The molecule has 5 rings (SSSR count). The number of H-pyrrole nitrogens is 1. The molecule has 0 bridgehead atoms. The molecule has 6 nitrogen and oxygen atoms in total. The van der Waals surface area contributed by atoms with Crippen molar-refractivity contribution < 1.29 is 23.1 Å². The maximum atomic E-state index is 13.6. The first kappa shape index (κ1) is 32.8. The van der Waals surface area contributed by atoms with Gasteiger partial charge in [0.05, 0.1) is 16.2 Å². The number of piperazine rings is 1. The number of carbonyl (C=O) groups is 1. The van der Waals surface area contributed by atoms with Crippen molar-refractivity contribution in [2.75, 3.05) is 45.0 Å². The molecule has 4 aromatic rings. The second-order valence-corrected chi connectivity index (χ2v) is 12.4. The van der Waals surface area contributed by atoms with Crippen LogP contribution in [0.5, 0.6) is 5.75 Å². The van der Waals surface area contributed by atoms with Crippen molar-refractivity contribution in [1.29, 1.82) is 0 Å². The summed E-state index contributed by atoms with van der Waals surface area (Å²) in [4.78, 5) is 33.5. The van der Waals surface area contributed by atoms with Crippen molar-refractivity contribution in [2.45, 2.75) is 23.9 Å². The van der Waals surface area contributed by atoms with Crippen LogP contribution in [0.1, 0.15) is 24.0 Å². The van der Waals surface area contributed by atoms with Crippen molar-refractivity contribution in [3.05, 3.63) is 99.3 Å². The van der Waals surface area contributed by atoms with Crippen LogP contribution in [0.3, 0.4) is 0 Å². The van der Waals surface area contributed by atoms with Crippen LogP contribution in [0, 0.1) is 0 Å². The maximum absolute atomic E-state index is 13.6. The number of ketones is 1. The van der Waals surface area contributed by atoms with E-state index in [1.54, 1.807) is 0 Å². The van der Waals surface area contributed by atoms with Crippen LogP contribution < -0.4 is 5.56 Å². The van der Waals surface area contributed by atoms with E-state index in [0.29, 0.717) is 12.8 Å². The lowest BCUT2D eigenvalue weighted by Crippen LogP contribution is -2.46. The maximum Gasteiger partial charge on any atom is 0.416 e. The minimum atomic E-state index is -4.62. The molecular formula is C34H33ClF3N3O3S. The van der Waals surface area contributed by atoms with Gasteiger partial charge in [0.25, 0.3) is 5.56 Å². The fourth-order valence-electron chi connectivity index (χ4n) is 5.39. The number of phenols is 1. The zero-order valence-electron chi connectivity index (χ0n) is 24.4. The van der Waals surface area contributed by atoms with Crippen LogP contribution in [0.25, 0.3) is 28.1 Å². The minimum Gasteiger partial charge on any atom is -0.507 e. The Morgan fingerprint density at radius 1 is 1.00 bits per heavy atom. The first-order chi connectivity index (χ1) is 21.6. The third kappa shape index (κ3) is 8.58. The van der Waals surface area contributed by atoms with E-state index in [1.807, 2.05) is 18.2 Å². The smallest absolute Gasteiger partial charge is 0.416 e. The monoisotopic (exact) mass is 655 g/mol. The third-order valence-electron chi connectivity index (χ3n) is 7.77. The van der Waals surface area contributed by atoms with Gasteiger partial charge >= 0.3 is 6.18 Å². The van der Waals surface area contributed by atoms with Crippen LogP contribution in [0.2, 0.25) is 5.02 Å². The summed E-state index contributed by atoms with van der Waals surface area (Å²) in [6.45, 7) is 5.40. The molecule has 236 valence electrons. The second-order valence-electron chi connectivity index (χ2n) is 11.0. The molecule has 3 aromatic carbocycles. The van der Waals surface area contributed by atoms with Crippen molar-refractivity contribution in [2.24, 2.45) is 0 Å². The molecule has 0 saturated carbocycles. The van der Waals surface area contributed by atoms with E-state index in [0.717, 1.165) is 63.2 Å². The molecule has 2 heterocycles. The Labute approximate surface area is 268 Å². The van der Waals surface area contributed by atoms with Crippen LogP contribution in [0.15, 0.2) is 82.5 Å². The lowest BCUT2D eigenvalue weighted by molar-refractivity contribution is -0.137. The number of pyridine rings is 1. The molecular weight excluding hydrogens is 623 g/mol. The number of hydrogen-bond acceptors (Lipinski definition) is 6. The van der Waals surface area contributed by atoms with E-state index in [2.05, 4.69) is 39.1 Å². The quantitative estimate of drug-likeness (QED) is 0.165. The number of nitrogens with one attached hydrogen (secondary N) is 1. The average Bonchev–Trinajstić information content (AvgIpc) is 3.01. The molecule has 1 aromatic heterocycles. The predicted octanol–water partition coefficient (Wildman–Crippen LogP) is 7.35. The van der Waals surface area contributed by atoms with Gasteiger partial charge in [-0.1, -0.05) is 54.1 Å². The van der Waals surface area contributed by atoms with Gasteiger partial charge in [-0.05, 0) is 54.9 Å². The number of nitrogens with zero attached hydrogens (tertiary/aromatic N) is 2. The van der Waals surface area contributed by atoms with Crippen molar-refractivity contribution in [3.8, 4) is 16.9 Å². The number of fused-ring (bicyclic) bond motifs is 1. The number of phenolic OH excluding ortho intramolecular Hbond substituents is 1. The van der Waals surface area contributed by atoms with Gasteiger partial charge < -0.3 is 15.0 Å². The van der Waals surface area contributed by atoms with E-state index in [9.17, 15) is 27.9 Å². The van der Waals surface area contributed by atoms with E-state index in [-0.39, 0.29) is 49.2 Å². The van der Waals surface area contributed by atoms with Gasteiger partial charge in [-0.25, -0.2) is 0 Å². The second kappa shape index (κ2) is 14.7. The topological polar surface area (TPSA) is 76.6 Å². The highest BCUT2D eigenvalue weighted by atomic mass is 35.5. The van der Waals surface area contributed by atoms with E-state index in [1.165, 1.54) is 29.8 Å². The molecule has 0 atom stereocenters. The molecule has 0 spiro atoms. The molecule has 1 fully saturated rings. The summed E-state index contributed by atoms with van der Waals surface area (Å²) >= 11 is 7.12. The summed E-state index contributed by atoms with van der Waals surface area (Å²) in [5.74, 6) is -0.359. The van der Waals surface area contributed by atoms with Gasteiger partial charge in [-0.2, -0.15) is 13.2 Å². The number of hydrogen-bond donors (Lipinski definition) is 2. The Morgan fingerprint density at radius 2 is 1.73 bits per heavy atom. The lowest BCUT2D eigenvalue weighted by atomic mass is 9.98. The van der Waals surface area contributed by atoms with Crippen molar-refractivity contribution in [1.82, 2.24) is 14.8 Å². The fraction of sp³-hybridized carbons (Fsp3) is 0.294. The van der Waals surface area contributed by atoms with Gasteiger partial charge in [-0.15, -0.1) is 11.8 Å². The summed E-state index contributed by atoms with van der Waals surface area (Å²) in [6, 6.07) is 17.4. The number of rotatable bonds is 11. The van der Waals surface area contributed by atoms with E-state index in [4.69, 9.17) is 11.6 Å². The van der Waals surface area contributed by atoms with Crippen molar-refractivity contribution >= 4 is 46.1 Å². The molecule has 0 radical (unpaired) electrons. The van der Waals surface area contributed by atoms with Crippen LogP contribution >= 0.6 is 23.4 Å². The molecule has 1 saturated heterocycles. The van der Waals surface area contributed by atoms with Gasteiger partial charge in [0, 0.05) is 66.2 Å². The Morgan fingerprint density at radius 3 is 2.47 bits per heavy atom. The first-order valence-electron chi connectivity index (χ1n) is 14.7. The molecule has 11 heteroatoms. The zero-order chi connectivity index (χ0) is 32.0. The first-order valence-corrected chi connectivity index (χ1v) is 16.0. The summed E-state index contributed by atoms with van der Waals surface area (Å²) < 4.78 is 40.8. The number of halogens is 4. The number of alkyl halides is 3. The summed E-state index contributed by atoms with van der Waals surface area (Å²) in [7, 11) is 0. The summed E-state index contributed by atoms with van der Waals surface area (Å²) in [5, 5.41) is 11.0. The Bertz CT molecular complexity index is 1740. The summed E-state index contributed by atoms with van der Waals surface area (Å²) in [6.07, 6.45) is 0.665. The Kier molecular flexibility index (Phi) is 10.7. The molecule has 1 aliphatic heterocycles. The Hall–Kier alpha value is -3.57. The minimum absolute atomic E-state index is 0.0383. The number of carbonyl (C=O) groups excluding carboxylic acids is 1. The zero-order valence-corrected chi connectivity index (χ0v) is 26.0. The number of benzene rings is 3. The predicted molar refractivity (Wildman–Crippen MR) is 175 cm³/mol. The molecule has 2 N–H and O–H groups in total. The Balaban J connectivity index is 1.20. The van der Waals surface area contributed by atoms with E-state index >= 15 is 0 Å². The SMILES string of the molecule is O=C(CCCN1CCN(C/C=C/c2ccccc2)CC1)CSc1c(-c2cc(Cl)ccc2O)c2cc(C(F)(F)F)ccc2[nH]c1=O. The lowest BCUT2D eigenvalue weighted by Gasteiger charge is -2.34. The molecule has 1 aliphatic rings. The van der Waals surface area contributed by atoms with Gasteiger partial charge in [0.1, 0.15) is 11.5 Å². The fourth-order valence-corrected chi connectivity index (χ4v) is 6.56. The number of thioether (sulfide) groups is 1. The molecule has 0 aliphatic carbocycles. The van der Waals surface area contributed by atoms with Gasteiger partial charge in [0.15, 0.2) is 0 Å². The van der Waals surface area contributed by atoms with Gasteiger partial charge in [-0.3, -0.25) is 14.5 Å². The highest BCUT2D eigenvalue weighted by molar-refractivity contribution is 8.00. The number of aromatic hydroxyl groups is 1. The highest BCUT2D eigenvalue weighted by Gasteiger charge is 2.31. The molecule has 45 heavy (non-hydrogen) atoms. The van der Waals surface area contributed by atoms with E-state index < -0.39 is 17.3 Å². The van der Waals surface area contributed by atoms with Crippen LogP contribution in [-0.4, -0.2) is 70.7 Å². The van der Waals surface area contributed by atoms with Crippen molar-refractivity contribution in [3.63, 3.8) is 0 Å². The average molecular weight is 656 g/mol. The number of aromatic amines is 1. The standard InChI is InChI=1S/C34H33ClF3N3O3S/c35-25-11-13-30(43)28(21-25)31-27-20-24(34(36,37)38)10-12-29(27)39-33(44)32(31)45-22-26(42)9-5-15-41-18-16-40(17-19-41)14-4-8-23-6-2-1-3-7-23/h1-4,6-8,10-13,20-21,43H,5,9,14-19,22H2,(H,39,44)/b8-4+. The highest BCUT2D eigenvalue weighted by Crippen LogP contribution is 2.42. The van der Waals surface area contributed by atoms with Crippen LogP contribution in [0.4, 0.5) is 13.2 Å². The van der Waals surface area contributed by atoms with Crippen LogP contribution in [-0.2, 0) is 11.0 Å². The largest absolute Gasteiger partial charge is 0.507 e. The number of aromatic nitrogens is 1. The third-order valence-corrected chi connectivity index (χ3v) is 9.15.